The van der Waals surface area contributed by atoms with Gasteiger partial charge in [0.1, 0.15) is 23.6 Å². The van der Waals surface area contributed by atoms with E-state index in [4.69, 9.17) is 19.9 Å². The fraction of sp³-hybridized carbons (Fsp3) is 0.286. The number of hydrogen-bond acceptors (Lipinski definition) is 9. The second-order valence-corrected chi connectivity index (χ2v) is 9.81. The Bertz CT molecular complexity index is 1730. The van der Waals surface area contributed by atoms with Crippen LogP contribution in [-0.4, -0.2) is 68.7 Å². The largest absolute Gasteiger partial charge is 0.493 e. The lowest BCUT2D eigenvalue weighted by Crippen LogP contribution is -2.52. The first-order chi connectivity index (χ1) is 19.2. The van der Waals surface area contributed by atoms with Crippen LogP contribution >= 0.6 is 0 Å². The Morgan fingerprint density at radius 2 is 1.90 bits per heavy atom. The lowest BCUT2D eigenvalue weighted by atomic mass is 10.0. The monoisotopic (exact) mass is 547 g/mol. The predicted molar refractivity (Wildman–Crippen MR) is 145 cm³/mol. The van der Waals surface area contributed by atoms with Crippen molar-refractivity contribution in [1.29, 1.82) is 0 Å². The maximum atomic E-state index is 14.7. The maximum absolute atomic E-state index is 14.7. The van der Waals surface area contributed by atoms with Crippen molar-refractivity contribution < 1.29 is 23.0 Å². The van der Waals surface area contributed by atoms with Gasteiger partial charge in [0.05, 0.1) is 18.0 Å². The number of likely N-dealkylation sites (N-methyl/N-ethyl adjacent to an activating group) is 1. The molecular formula is C28H27F2N7O3. The number of rotatable bonds is 6. The number of piperidine rings is 1. The number of anilines is 1. The Balaban J connectivity index is 1.33. The average molecular weight is 548 g/mol. The number of alkyl halides is 2. The molecule has 0 spiro atoms. The number of aromatic nitrogens is 5. The molecule has 40 heavy (non-hydrogen) atoms. The molecule has 5 aromatic rings. The minimum Gasteiger partial charge on any atom is -0.493 e. The Labute approximate surface area is 228 Å². The number of halogens is 2. The molecule has 0 radical (unpaired) electrons. The predicted octanol–water partition coefficient (Wildman–Crippen LogP) is 4.75. The van der Waals surface area contributed by atoms with Crippen LogP contribution in [-0.2, 0) is 0 Å². The third-order valence-electron chi connectivity index (χ3n) is 6.98. The van der Waals surface area contributed by atoms with Gasteiger partial charge in [-0.2, -0.15) is 5.10 Å². The summed E-state index contributed by atoms with van der Waals surface area (Å²) in [5, 5.41) is 4.41. The Morgan fingerprint density at radius 3 is 2.70 bits per heavy atom. The lowest BCUT2D eigenvalue weighted by Gasteiger charge is -2.36. The number of hydrogen-bond donors (Lipinski definition) is 1. The number of fused-ring (bicyclic) bond motifs is 2. The standard InChI is InChI=1S/C28H27F2N7O3/c1-16-12-17(4-6-20(16)39-18-8-10-37-23(13-18)32-15-33-37)27-34-19-5-7-21(38-3)25(24(19)26(31)35-27)40-22-14-36(2)11-9-28(22,29)30/h4-8,10,12-13,15,22H,9,11,14H2,1-3H3,(H2,31,34,35). The van der Waals surface area contributed by atoms with Crippen molar-refractivity contribution in [2.45, 2.75) is 25.4 Å². The highest BCUT2D eigenvalue weighted by molar-refractivity contribution is 5.97. The molecule has 0 bridgehead atoms. The van der Waals surface area contributed by atoms with Crippen molar-refractivity contribution in [3.8, 4) is 34.4 Å². The molecule has 12 heteroatoms. The smallest absolute Gasteiger partial charge is 0.286 e. The number of pyridine rings is 1. The summed E-state index contributed by atoms with van der Waals surface area (Å²) < 4.78 is 48.5. The molecule has 1 atom stereocenters. The molecule has 4 heterocycles. The van der Waals surface area contributed by atoms with Crippen LogP contribution in [0, 0.1) is 6.92 Å². The van der Waals surface area contributed by atoms with Gasteiger partial charge in [-0.05, 0) is 55.9 Å². The molecule has 3 aromatic heterocycles. The van der Waals surface area contributed by atoms with Gasteiger partial charge in [-0.1, -0.05) is 0 Å². The zero-order valence-electron chi connectivity index (χ0n) is 22.1. The number of nitrogen functional groups attached to an aromatic ring is 1. The molecule has 0 saturated carbocycles. The summed E-state index contributed by atoms with van der Waals surface area (Å²) in [6.45, 7) is 2.26. The van der Waals surface area contributed by atoms with Crippen LogP contribution in [0.2, 0.25) is 0 Å². The fourth-order valence-corrected chi connectivity index (χ4v) is 4.77. The van der Waals surface area contributed by atoms with Gasteiger partial charge in [0.2, 0.25) is 0 Å². The number of methoxy groups -OCH3 is 1. The molecule has 1 aliphatic rings. The zero-order valence-corrected chi connectivity index (χ0v) is 22.1. The van der Waals surface area contributed by atoms with Gasteiger partial charge >= 0.3 is 0 Å². The lowest BCUT2D eigenvalue weighted by molar-refractivity contribution is -0.133. The quantitative estimate of drug-likeness (QED) is 0.322. The van der Waals surface area contributed by atoms with E-state index in [2.05, 4.69) is 20.1 Å². The minimum atomic E-state index is -3.00. The van der Waals surface area contributed by atoms with Crippen LogP contribution in [0.15, 0.2) is 55.0 Å². The van der Waals surface area contributed by atoms with Gasteiger partial charge in [0.15, 0.2) is 29.1 Å². The maximum Gasteiger partial charge on any atom is 0.286 e. The molecular weight excluding hydrogens is 520 g/mol. The number of likely N-dealkylation sites (tertiary alicyclic amines) is 1. The second kappa shape index (κ2) is 9.87. The molecule has 1 fully saturated rings. The molecule has 1 unspecified atom stereocenters. The Hall–Kier alpha value is -4.58. The van der Waals surface area contributed by atoms with E-state index in [1.165, 1.54) is 13.4 Å². The van der Waals surface area contributed by atoms with Crippen LogP contribution in [0.1, 0.15) is 12.0 Å². The van der Waals surface area contributed by atoms with Crippen LogP contribution < -0.4 is 19.9 Å². The first kappa shape index (κ1) is 25.7. The Morgan fingerprint density at radius 1 is 1.07 bits per heavy atom. The minimum absolute atomic E-state index is 0.0614. The second-order valence-electron chi connectivity index (χ2n) is 9.81. The van der Waals surface area contributed by atoms with Gasteiger partial charge in [-0.25, -0.2) is 28.2 Å². The van der Waals surface area contributed by atoms with Crippen LogP contribution in [0.3, 0.4) is 0 Å². The van der Waals surface area contributed by atoms with Gasteiger partial charge in [-0.3, -0.25) is 0 Å². The molecule has 0 aliphatic carbocycles. The number of nitrogens with two attached hydrogens (primary N) is 1. The van der Waals surface area contributed by atoms with E-state index in [-0.39, 0.29) is 36.8 Å². The van der Waals surface area contributed by atoms with Crippen molar-refractivity contribution >= 4 is 22.4 Å². The first-order valence-corrected chi connectivity index (χ1v) is 12.7. The van der Waals surface area contributed by atoms with E-state index in [0.717, 1.165) is 5.56 Å². The van der Waals surface area contributed by atoms with Gasteiger partial charge < -0.3 is 24.8 Å². The molecule has 6 rings (SSSR count). The van der Waals surface area contributed by atoms with E-state index in [9.17, 15) is 8.78 Å². The van der Waals surface area contributed by atoms with Crippen molar-refractivity contribution in [3.63, 3.8) is 0 Å². The van der Waals surface area contributed by atoms with Gasteiger partial charge in [-0.15, -0.1) is 0 Å². The van der Waals surface area contributed by atoms with Gasteiger partial charge in [0.25, 0.3) is 5.92 Å². The molecule has 1 saturated heterocycles. The van der Waals surface area contributed by atoms with Gasteiger partial charge in [0, 0.05) is 37.3 Å². The SMILES string of the molecule is COc1ccc2nc(-c3ccc(Oc4ccn5ncnc5c4)c(C)c3)nc(N)c2c1OC1CN(C)CCC1(F)F. The molecule has 1 aliphatic heterocycles. The topological polar surface area (TPSA) is 113 Å². The van der Waals surface area contributed by atoms with Crippen molar-refractivity contribution in [2.24, 2.45) is 0 Å². The summed E-state index contributed by atoms with van der Waals surface area (Å²) >= 11 is 0. The van der Waals surface area contributed by atoms with Crippen molar-refractivity contribution in [2.75, 3.05) is 33.0 Å². The van der Waals surface area contributed by atoms with E-state index in [1.807, 2.05) is 25.1 Å². The van der Waals surface area contributed by atoms with E-state index in [1.54, 1.807) is 46.9 Å². The molecule has 0 amide bonds. The third-order valence-corrected chi connectivity index (χ3v) is 6.98. The average Bonchev–Trinajstić information content (AvgIpc) is 3.40. The van der Waals surface area contributed by atoms with Crippen molar-refractivity contribution in [3.05, 3.63) is 60.6 Å². The van der Waals surface area contributed by atoms with Crippen LogP contribution in [0.4, 0.5) is 14.6 Å². The summed E-state index contributed by atoms with van der Waals surface area (Å²) in [6, 6.07) is 12.5. The summed E-state index contributed by atoms with van der Waals surface area (Å²) in [5.74, 6) is -0.865. The summed E-state index contributed by atoms with van der Waals surface area (Å²) in [6.07, 6.45) is 1.58. The van der Waals surface area contributed by atoms with E-state index in [0.29, 0.717) is 39.4 Å². The first-order valence-electron chi connectivity index (χ1n) is 12.7. The summed E-state index contributed by atoms with van der Waals surface area (Å²) in [7, 11) is 3.23. The van der Waals surface area contributed by atoms with Crippen LogP contribution in [0.5, 0.6) is 23.0 Å². The number of benzene rings is 2. The number of nitrogens with zero attached hydrogens (tertiary/aromatic N) is 6. The molecule has 10 nitrogen and oxygen atoms in total. The number of aryl methyl sites for hydroxylation is 1. The highest BCUT2D eigenvalue weighted by Gasteiger charge is 2.45. The number of ether oxygens (including phenoxy) is 3. The Kier molecular flexibility index (Phi) is 6.34. The van der Waals surface area contributed by atoms with Crippen molar-refractivity contribution in [1.82, 2.24) is 29.5 Å². The summed E-state index contributed by atoms with van der Waals surface area (Å²) in [4.78, 5) is 15.2. The molecule has 2 aromatic carbocycles. The summed E-state index contributed by atoms with van der Waals surface area (Å²) in [5.41, 5.74) is 9.09. The van der Waals surface area contributed by atoms with E-state index >= 15 is 0 Å². The highest BCUT2D eigenvalue weighted by Crippen LogP contribution is 2.42. The highest BCUT2D eigenvalue weighted by atomic mass is 19.3. The molecule has 2 N–H and O–H groups in total. The fourth-order valence-electron chi connectivity index (χ4n) is 4.77. The third kappa shape index (κ3) is 4.70. The van der Waals surface area contributed by atoms with E-state index < -0.39 is 12.0 Å². The van der Waals surface area contributed by atoms with Crippen LogP contribution in [0.25, 0.3) is 27.9 Å². The normalized spacial score (nSPS) is 17.3. The molecule has 206 valence electrons. The zero-order chi connectivity index (χ0) is 28.0.